The first-order chi connectivity index (χ1) is 10.1. The Morgan fingerprint density at radius 1 is 1.29 bits per heavy atom. The number of benzene rings is 1. The second kappa shape index (κ2) is 5.16. The number of hydrogen-bond donors (Lipinski definition) is 2. The van der Waals surface area contributed by atoms with Gasteiger partial charge in [0, 0.05) is 18.4 Å². The Morgan fingerprint density at radius 2 is 2.00 bits per heavy atom. The number of aryl methyl sites for hydroxylation is 2. The second-order valence-electron chi connectivity index (χ2n) is 5.27. The fourth-order valence-corrected chi connectivity index (χ4v) is 2.70. The first-order valence-electron chi connectivity index (χ1n) is 6.93. The highest BCUT2D eigenvalue weighted by Gasteiger charge is 2.20. The summed E-state index contributed by atoms with van der Waals surface area (Å²) in [4.78, 5) is 6.53. The molecule has 0 fully saturated rings. The maximum Gasteiger partial charge on any atom is 0.144 e. The van der Waals surface area contributed by atoms with Gasteiger partial charge < -0.3 is 10.6 Å². The van der Waals surface area contributed by atoms with Gasteiger partial charge in [-0.25, -0.2) is 9.37 Å². The number of fused-ring (bicyclic) bond motifs is 1. The molecule has 5 heteroatoms. The van der Waals surface area contributed by atoms with Gasteiger partial charge in [0.25, 0.3) is 0 Å². The molecule has 3 N–H and O–H groups in total. The molecule has 0 atom stereocenters. The molecular formula is C16H17FN4. The lowest BCUT2D eigenvalue weighted by Gasteiger charge is -2.22. The first kappa shape index (κ1) is 13.5. The number of rotatable bonds is 3. The molecule has 1 aromatic heterocycles. The Balaban J connectivity index is 2.08. The van der Waals surface area contributed by atoms with E-state index in [9.17, 15) is 4.39 Å². The normalized spacial score (nSPS) is 13.0. The number of anilines is 2. The molecule has 1 aromatic carbocycles. The van der Waals surface area contributed by atoms with E-state index in [1.54, 1.807) is 12.1 Å². The van der Waals surface area contributed by atoms with Crippen molar-refractivity contribution < 1.29 is 4.39 Å². The summed E-state index contributed by atoms with van der Waals surface area (Å²) in [5.74, 6) is 0.372. The van der Waals surface area contributed by atoms with E-state index < -0.39 is 0 Å². The van der Waals surface area contributed by atoms with Gasteiger partial charge in [0.2, 0.25) is 0 Å². The molecule has 21 heavy (non-hydrogen) atoms. The second-order valence-corrected chi connectivity index (χ2v) is 5.27. The van der Waals surface area contributed by atoms with E-state index in [1.165, 1.54) is 17.7 Å². The van der Waals surface area contributed by atoms with E-state index in [-0.39, 0.29) is 11.7 Å². The van der Waals surface area contributed by atoms with Gasteiger partial charge in [-0.2, -0.15) is 0 Å². The number of pyridine rings is 1. The van der Waals surface area contributed by atoms with Crippen molar-refractivity contribution in [3.63, 3.8) is 0 Å². The van der Waals surface area contributed by atoms with Gasteiger partial charge >= 0.3 is 0 Å². The number of nitrogens with two attached hydrogens (primary N) is 1. The summed E-state index contributed by atoms with van der Waals surface area (Å²) in [7, 11) is 1.85. The third kappa shape index (κ3) is 2.46. The van der Waals surface area contributed by atoms with Crippen molar-refractivity contribution in [2.24, 2.45) is 5.73 Å². The average Bonchev–Trinajstić information content (AvgIpc) is 2.93. The van der Waals surface area contributed by atoms with Gasteiger partial charge in [-0.05, 0) is 55.2 Å². The van der Waals surface area contributed by atoms with Crippen molar-refractivity contribution in [1.82, 2.24) is 4.98 Å². The summed E-state index contributed by atoms with van der Waals surface area (Å²) in [6.45, 7) is 0. The average molecular weight is 284 g/mol. The van der Waals surface area contributed by atoms with Crippen LogP contribution in [0, 0.1) is 11.2 Å². The van der Waals surface area contributed by atoms with Gasteiger partial charge in [0.15, 0.2) is 0 Å². The van der Waals surface area contributed by atoms with E-state index in [1.807, 2.05) is 18.0 Å². The van der Waals surface area contributed by atoms with E-state index in [0.29, 0.717) is 11.4 Å². The van der Waals surface area contributed by atoms with Crippen LogP contribution in [0.15, 0.2) is 30.3 Å². The summed E-state index contributed by atoms with van der Waals surface area (Å²) in [6, 6.07) is 8.16. The van der Waals surface area contributed by atoms with Gasteiger partial charge in [0.1, 0.15) is 17.5 Å². The number of aromatic nitrogens is 1. The molecule has 108 valence electrons. The fraction of sp³-hybridized carbons (Fsp3) is 0.250. The quantitative estimate of drug-likeness (QED) is 0.673. The van der Waals surface area contributed by atoms with Crippen molar-refractivity contribution in [1.29, 1.82) is 5.41 Å². The Kier molecular flexibility index (Phi) is 3.33. The summed E-state index contributed by atoms with van der Waals surface area (Å²) >= 11 is 0. The van der Waals surface area contributed by atoms with Crippen molar-refractivity contribution >= 4 is 17.3 Å². The zero-order valence-corrected chi connectivity index (χ0v) is 11.9. The topological polar surface area (TPSA) is 66.0 Å². The SMILES string of the molecule is CN(c1ccc(F)cc1)c1nc2c(cc1C(=N)N)CCC2. The Bertz CT molecular complexity index is 694. The monoisotopic (exact) mass is 284 g/mol. The zero-order valence-electron chi connectivity index (χ0n) is 11.9. The fourth-order valence-electron chi connectivity index (χ4n) is 2.70. The Morgan fingerprint density at radius 3 is 2.67 bits per heavy atom. The minimum atomic E-state index is -0.277. The summed E-state index contributed by atoms with van der Waals surface area (Å²) in [6.07, 6.45) is 3.03. The third-order valence-electron chi connectivity index (χ3n) is 3.85. The molecule has 0 radical (unpaired) electrons. The molecule has 0 spiro atoms. The Labute approximate surface area is 122 Å². The predicted octanol–water partition coefficient (Wildman–Crippen LogP) is 2.76. The number of nitrogens with one attached hydrogen (secondary N) is 1. The molecule has 0 unspecified atom stereocenters. The van der Waals surface area contributed by atoms with Gasteiger partial charge in [-0.3, -0.25) is 5.41 Å². The number of halogens is 1. The highest BCUT2D eigenvalue weighted by molar-refractivity contribution is 6.00. The predicted molar refractivity (Wildman–Crippen MR) is 81.7 cm³/mol. The first-order valence-corrected chi connectivity index (χ1v) is 6.93. The van der Waals surface area contributed by atoms with E-state index in [2.05, 4.69) is 4.98 Å². The van der Waals surface area contributed by atoms with Crippen LogP contribution in [-0.2, 0) is 12.8 Å². The molecule has 1 heterocycles. The number of nitrogens with zero attached hydrogens (tertiary/aromatic N) is 2. The van der Waals surface area contributed by atoms with E-state index >= 15 is 0 Å². The minimum absolute atomic E-state index is 0.00108. The lowest BCUT2D eigenvalue weighted by atomic mass is 10.1. The molecule has 1 aliphatic carbocycles. The highest BCUT2D eigenvalue weighted by atomic mass is 19.1. The number of amidine groups is 1. The molecule has 1 aliphatic rings. The van der Waals surface area contributed by atoms with Crippen LogP contribution in [0.1, 0.15) is 23.2 Å². The van der Waals surface area contributed by atoms with Crippen LogP contribution in [0.5, 0.6) is 0 Å². The third-order valence-corrected chi connectivity index (χ3v) is 3.85. The van der Waals surface area contributed by atoms with Crippen LogP contribution in [0.2, 0.25) is 0 Å². The molecule has 3 rings (SSSR count). The molecule has 0 saturated carbocycles. The Hall–Kier alpha value is -2.43. The molecule has 4 nitrogen and oxygen atoms in total. The molecule has 0 aliphatic heterocycles. The van der Waals surface area contributed by atoms with Gasteiger partial charge in [-0.1, -0.05) is 0 Å². The molecular weight excluding hydrogens is 267 g/mol. The maximum atomic E-state index is 13.1. The van der Waals surface area contributed by atoms with E-state index in [4.69, 9.17) is 11.1 Å². The van der Waals surface area contributed by atoms with Crippen LogP contribution < -0.4 is 10.6 Å². The van der Waals surface area contributed by atoms with Crippen LogP contribution in [-0.4, -0.2) is 17.9 Å². The summed E-state index contributed by atoms with van der Waals surface area (Å²) in [5, 5.41) is 7.78. The van der Waals surface area contributed by atoms with Gasteiger partial charge in [-0.15, -0.1) is 0 Å². The minimum Gasteiger partial charge on any atom is -0.384 e. The van der Waals surface area contributed by atoms with Gasteiger partial charge in [0.05, 0.1) is 5.56 Å². The van der Waals surface area contributed by atoms with Crippen molar-refractivity contribution in [3.8, 4) is 0 Å². The summed E-state index contributed by atoms with van der Waals surface area (Å²) < 4.78 is 13.1. The lowest BCUT2D eigenvalue weighted by Crippen LogP contribution is -2.21. The molecule has 0 amide bonds. The van der Waals surface area contributed by atoms with Crippen molar-refractivity contribution in [3.05, 3.63) is 53.0 Å². The van der Waals surface area contributed by atoms with E-state index in [0.717, 1.165) is 30.6 Å². The number of nitrogen functional groups attached to an aromatic ring is 1. The molecule has 0 bridgehead atoms. The van der Waals surface area contributed by atoms with Crippen molar-refractivity contribution in [2.45, 2.75) is 19.3 Å². The molecule has 0 saturated heterocycles. The zero-order chi connectivity index (χ0) is 15.0. The number of hydrogen-bond acceptors (Lipinski definition) is 3. The molecule has 2 aromatic rings. The smallest absolute Gasteiger partial charge is 0.144 e. The van der Waals surface area contributed by atoms with Crippen LogP contribution in [0.3, 0.4) is 0 Å². The highest BCUT2D eigenvalue weighted by Crippen LogP contribution is 2.30. The maximum absolute atomic E-state index is 13.1. The largest absolute Gasteiger partial charge is 0.384 e. The summed E-state index contributed by atoms with van der Waals surface area (Å²) in [5.41, 5.74) is 9.39. The van der Waals surface area contributed by atoms with Crippen LogP contribution in [0.4, 0.5) is 15.9 Å². The van der Waals surface area contributed by atoms with Crippen molar-refractivity contribution in [2.75, 3.05) is 11.9 Å². The standard InChI is InChI=1S/C16H17FN4/c1-21(12-7-5-11(17)6-8-12)16-13(15(18)19)9-10-3-2-4-14(10)20-16/h5-9H,2-4H2,1H3,(H3,18,19). The lowest BCUT2D eigenvalue weighted by molar-refractivity contribution is 0.628. The van der Waals surface area contributed by atoms with Crippen LogP contribution >= 0.6 is 0 Å². The van der Waals surface area contributed by atoms with Crippen LogP contribution in [0.25, 0.3) is 0 Å².